The van der Waals surface area contributed by atoms with E-state index in [4.69, 9.17) is 13.6 Å². The molecule has 1 aromatic carbocycles. The second kappa shape index (κ2) is 13.1. The molecule has 0 bridgehead atoms. The standard InChI is InChI=1S/C37H62O7Si2/c1-16-45(17-2,18-3)43-30-24(11)31(44-46(19-4,20-5)21-6)27(29(38)23(9)10)32-26(30)25(22(7)8)28-33(39)35(12,13)34(40)36(14,15)37(28,41)42-32/h22-23,25,28,41H,16-21H2,1-15H3/t25-,28-,37+/m1/s1. The third-order valence-corrected chi connectivity index (χ3v) is 20.9. The van der Waals surface area contributed by atoms with E-state index in [0.717, 1.165) is 41.8 Å². The van der Waals surface area contributed by atoms with Gasteiger partial charge in [0.2, 0.25) is 5.79 Å². The molecule has 0 aromatic heterocycles. The average Bonchev–Trinajstić information content (AvgIpc) is 3.01. The minimum absolute atomic E-state index is 0.158. The number of benzene rings is 1. The molecule has 46 heavy (non-hydrogen) atoms. The number of aliphatic hydroxyl groups is 1. The Bertz CT molecular complexity index is 1340. The van der Waals surface area contributed by atoms with Crippen LogP contribution in [0.25, 0.3) is 0 Å². The fraction of sp³-hybridized carbons (Fsp3) is 0.757. The lowest BCUT2D eigenvalue weighted by atomic mass is 9.51. The van der Waals surface area contributed by atoms with Gasteiger partial charge < -0.3 is 18.7 Å². The lowest BCUT2D eigenvalue weighted by Crippen LogP contribution is -2.72. The Balaban J connectivity index is 2.68. The Morgan fingerprint density at radius 1 is 0.826 bits per heavy atom. The van der Waals surface area contributed by atoms with Crippen LogP contribution in [-0.2, 0) is 9.59 Å². The molecular formula is C37H62O7Si2. The van der Waals surface area contributed by atoms with Crippen LogP contribution < -0.4 is 13.6 Å². The summed E-state index contributed by atoms with van der Waals surface area (Å²) in [7, 11) is -4.66. The predicted octanol–water partition coefficient (Wildman–Crippen LogP) is 9.24. The van der Waals surface area contributed by atoms with Crippen LogP contribution in [0.4, 0.5) is 0 Å². The van der Waals surface area contributed by atoms with Gasteiger partial charge >= 0.3 is 0 Å². The topological polar surface area (TPSA) is 99.1 Å². The maximum atomic E-state index is 14.5. The highest BCUT2D eigenvalue weighted by molar-refractivity contribution is 6.74. The maximum absolute atomic E-state index is 14.5. The van der Waals surface area contributed by atoms with Crippen molar-refractivity contribution in [2.24, 2.45) is 28.6 Å². The van der Waals surface area contributed by atoms with Crippen LogP contribution in [0, 0.1) is 35.5 Å². The summed E-state index contributed by atoms with van der Waals surface area (Å²) in [5, 5.41) is 12.8. The van der Waals surface area contributed by atoms with E-state index in [9.17, 15) is 19.5 Å². The summed E-state index contributed by atoms with van der Waals surface area (Å²) < 4.78 is 21.2. The molecule has 0 amide bonds. The fourth-order valence-corrected chi connectivity index (χ4v) is 13.3. The lowest BCUT2D eigenvalue weighted by molar-refractivity contribution is -0.264. The number of ether oxygens (including phenoxy) is 1. The summed E-state index contributed by atoms with van der Waals surface area (Å²) in [6.07, 6.45) is 0. The molecule has 1 heterocycles. The Morgan fingerprint density at radius 2 is 1.26 bits per heavy atom. The predicted molar refractivity (Wildman–Crippen MR) is 190 cm³/mol. The van der Waals surface area contributed by atoms with Crippen molar-refractivity contribution in [3.8, 4) is 17.2 Å². The number of rotatable bonds is 13. The molecule has 7 nitrogen and oxygen atoms in total. The molecule has 0 saturated heterocycles. The van der Waals surface area contributed by atoms with Gasteiger partial charge in [-0.25, -0.2) is 0 Å². The number of carbonyl (C=O) groups excluding carboxylic acids is 3. The smallest absolute Gasteiger partial charge is 0.250 e. The molecule has 0 unspecified atom stereocenters. The molecule has 9 heteroatoms. The van der Waals surface area contributed by atoms with Gasteiger partial charge in [-0.2, -0.15) is 0 Å². The van der Waals surface area contributed by atoms with E-state index >= 15 is 0 Å². The van der Waals surface area contributed by atoms with Gasteiger partial charge in [-0.3, -0.25) is 14.4 Å². The lowest BCUT2D eigenvalue weighted by Gasteiger charge is -2.58. The third kappa shape index (κ3) is 5.64. The molecule has 1 aromatic rings. The highest BCUT2D eigenvalue weighted by Crippen LogP contribution is 2.64. The van der Waals surface area contributed by atoms with E-state index in [1.807, 2.05) is 34.6 Å². The summed E-state index contributed by atoms with van der Waals surface area (Å²) in [6, 6.07) is 5.28. The van der Waals surface area contributed by atoms with Gasteiger partial charge in [-0.15, -0.1) is 0 Å². The van der Waals surface area contributed by atoms with E-state index in [0.29, 0.717) is 22.6 Å². The zero-order chi connectivity index (χ0) is 35.4. The first-order chi connectivity index (χ1) is 21.2. The van der Waals surface area contributed by atoms with Crippen molar-refractivity contribution in [3.63, 3.8) is 0 Å². The SMILES string of the molecule is CC[Si](CC)(CC)Oc1c(C)c(O[Si](CC)(CC)CC)c2c(c1C(=O)C(C)C)O[C@@]1(O)[C@@H](C(=O)C(C)(C)C(=O)C1(C)C)[C@@H]2C(C)C. The van der Waals surface area contributed by atoms with Crippen LogP contribution >= 0.6 is 0 Å². The van der Waals surface area contributed by atoms with Gasteiger partial charge in [0.15, 0.2) is 17.3 Å². The molecule has 1 N–H and O–H groups in total. The van der Waals surface area contributed by atoms with Crippen LogP contribution in [0.1, 0.15) is 124 Å². The number of Topliss-reactive ketones (excluding diaryl/α,β-unsaturated/α-hetero) is 3. The monoisotopic (exact) mass is 674 g/mol. The Labute approximate surface area is 280 Å². The van der Waals surface area contributed by atoms with Gasteiger partial charge in [-0.1, -0.05) is 69.2 Å². The Kier molecular flexibility index (Phi) is 11.0. The normalized spacial score (nSPS) is 24.0. The Morgan fingerprint density at radius 3 is 1.65 bits per heavy atom. The molecule has 1 aliphatic carbocycles. The largest absolute Gasteiger partial charge is 0.543 e. The maximum Gasteiger partial charge on any atom is 0.250 e. The minimum atomic E-state index is -2.34. The molecule has 2 aliphatic rings. The molecule has 0 radical (unpaired) electrons. The molecule has 260 valence electrons. The van der Waals surface area contributed by atoms with Gasteiger partial charge in [0.1, 0.15) is 22.8 Å². The molecule has 1 fully saturated rings. The molecule has 3 atom stereocenters. The molecule has 0 spiro atoms. The van der Waals surface area contributed by atoms with Crippen LogP contribution in [-0.4, -0.2) is 44.9 Å². The van der Waals surface area contributed by atoms with Crippen LogP contribution in [0.2, 0.25) is 36.3 Å². The summed E-state index contributed by atoms with van der Waals surface area (Å²) in [6.45, 7) is 29.4. The van der Waals surface area contributed by atoms with Gasteiger partial charge in [0.25, 0.3) is 16.6 Å². The number of hydrogen-bond acceptors (Lipinski definition) is 7. The van der Waals surface area contributed by atoms with Gasteiger partial charge in [-0.05, 0) is 76.8 Å². The first kappa shape index (κ1) is 38.5. The highest BCUT2D eigenvalue weighted by atomic mass is 28.4. The first-order valence-electron chi connectivity index (χ1n) is 17.8. The number of carbonyl (C=O) groups is 3. The van der Waals surface area contributed by atoms with Crippen LogP contribution in [0.3, 0.4) is 0 Å². The summed E-state index contributed by atoms with van der Waals surface area (Å²) in [4.78, 5) is 42.9. The second-order valence-corrected chi connectivity index (χ2v) is 25.0. The zero-order valence-corrected chi connectivity index (χ0v) is 33.4. The van der Waals surface area contributed by atoms with Crippen molar-refractivity contribution < 1.29 is 33.1 Å². The third-order valence-electron chi connectivity index (χ3n) is 11.9. The van der Waals surface area contributed by atoms with E-state index in [1.54, 1.807) is 27.7 Å². The number of hydrogen-bond donors (Lipinski definition) is 1. The molecule has 1 saturated carbocycles. The summed E-state index contributed by atoms with van der Waals surface area (Å²) in [5.74, 6) is -3.91. The van der Waals surface area contributed by atoms with Crippen molar-refractivity contribution in [2.45, 2.75) is 152 Å². The zero-order valence-electron chi connectivity index (χ0n) is 31.4. The van der Waals surface area contributed by atoms with E-state index < -0.39 is 51.0 Å². The quantitative estimate of drug-likeness (QED) is 0.126. The molecule has 1 aliphatic heterocycles. The molecular weight excluding hydrogens is 613 g/mol. The van der Waals surface area contributed by atoms with Crippen molar-refractivity contribution in [3.05, 3.63) is 16.7 Å². The van der Waals surface area contributed by atoms with E-state index in [1.165, 1.54) is 0 Å². The van der Waals surface area contributed by atoms with Gasteiger partial charge in [0.05, 0.1) is 16.7 Å². The van der Waals surface area contributed by atoms with Gasteiger partial charge in [0, 0.05) is 23.0 Å². The number of fused-ring (bicyclic) bond motifs is 2. The van der Waals surface area contributed by atoms with Crippen molar-refractivity contribution >= 4 is 34.0 Å². The Hall–Kier alpha value is -1.98. The van der Waals surface area contributed by atoms with E-state index in [-0.39, 0.29) is 29.0 Å². The van der Waals surface area contributed by atoms with E-state index in [2.05, 4.69) is 41.5 Å². The average molecular weight is 675 g/mol. The van der Waals surface area contributed by atoms with Crippen LogP contribution in [0.15, 0.2) is 0 Å². The highest BCUT2D eigenvalue weighted by Gasteiger charge is 2.72. The van der Waals surface area contributed by atoms with Crippen molar-refractivity contribution in [1.82, 2.24) is 0 Å². The fourth-order valence-electron chi connectivity index (χ4n) is 8.03. The van der Waals surface area contributed by atoms with Crippen molar-refractivity contribution in [2.75, 3.05) is 0 Å². The van der Waals surface area contributed by atoms with Crippen molar-refractivity contribution in [1.29, 1.82) is 0 Å². The second-order valence-electron chi connectivity index (χ2n) is 15.6. The number of ketones is 3. The summed E-state index contributed by atoms with van der Waals surface area (Å²) in [5.41, 5.74) is -1.05. The minimum Gasteiger partial charge on any atom is -0.543 e. The summed E-state index contributed by atoms with van der Waals surface area (Å²) >= 11 is 0. The first-order valence-corrected chi connectivity index (χ1v) is 22.9. The molecule has 3 rings (SSSR count). The van der Waals surface area contributed by atoms with Crippen LogP contribution in [0.5, 0.6) is 17.2 Å².